The normalized spacial score (nSPS) is 13.6. The monoisotopic (exact) mass is 280 g/mol. The smallest absolute Gasteiger partial charge is 0.243 e. The van der Waals surface area contributed by atoms with Crippen LogP contribution in [-0.4, -0.2) is 24.8 Å². The van der Waals surface area contributed by atoms with Gasteiger partial charge in [0.05, 0.1) is 24.5 Å². The topological polar surface area (TPSA) is 49.4 Å². The van der Waals surface area contributed by atoms with Crippen molar-refractivity contribution in [3.8, 4) is 0 Å². The summed E-state index contributed by atoms with van der Waals surface area (Å²) in [6.07, 6.45) is 0. The van der Waals surface area contributed by atoms with E-state index in [1.165, 1.54) is 0 Å². The Labute approximate surface area is 123 Å². The number of carbonyl (C=O) groups is 2. The Morgan fingerprint density at radius 3 is 2.67 bits per heavy atom. The molecule has 0 unspecified atom stereocenters. The molecule has 2 aromatic rings. The van der Waals surface area contributed by atoms with Crippen LogP contribution in [0.1, 0.15) is 15.9 Å². The molecule has 1 amide bonds. The molecular weight excluding hydrogens is 264 g/mol. The van der Waals surface area contributed by atoms with Crippen LogP contribution in [0.4, 0.5) is 11.4 Å². The molecule has 0 saturated heterocycles. The zero-order valence-electron chi connectivity index (χ0n) is 11.8. The zero-order valence-corrected chi connectivity index (χ0v) is 11.8. The minimum atomic E-state index is -0.0914. The third kappa shape index (κ3) is 2.65. The predicted molar refractivity (Wildman–Crippen MR) is 82.8 cm³/mol. The summed E-state index contributed by atoms with van der Waals surface area (Å²) in [4.78, 5) is 26.1. The molecule has 0 spiro atoms. The van der Waals surface area contributed by atoms with E-state index in [-0.39, 0.29) is 24.8 Å². The molecule has 0 aromatic heterocycles. The van der Waals surface area contributed by atoms with Gasteiger partial charge in [-0.15, -0.1) is 0 Å². The first-order valence-corrected chi connectivity index (χ1v) is 6.88. The lowest BCUT2D eigenvalue weighted by Gasteiger charge is -2.30. The van der Waals surface area contributed by atoms with Gasteiger partial charge in [-0.2, -0.15) is 0 Å². The van der Waals surface area contributed by atoms with Gasteiger partial charge in [-0.25, -0.2) is 0 Å². The molecule has 4 heteroatoms. The highest BCUT2D eigenvalue weighted by Crippen LogP contribution is 2.28. The van der Waals surface area contributed by atoms with Gasteiger partial charge >= 0.3 is 0 Å². The molecule has 0 radical (unpaired) electrons. The molecule has 0 atom stereocenters. The molecule has 0 aliphatic carbocycles. The second-order valence-corrected chi connectivity index (χ2v) is 5.16. The number of nitrogens with zero attached hydrogens (tertiary/aromatic N) is 1. The minimum Gasteiger partial charge on any atom is -0.353 e. The Balaban J connectivity index is 1.87. The number of fused-ring (bicyclic) bond motifs is 1. The largest absolute Gasteiger partial charge is 0.353 e. The van der Waals surface area contributed by atoms with Crippen molar-refractivity contribution in [3.05, 3.63) is 59.7 Å². The highest BCUT2D eigenvalue weighted by molar-refractivity contribution is 6.05. The summed E-state index contributed by atoms with van der Waals surface area (Å²) in [5.41, 5.74) is 3.31. The SMILES string of the molecule is Cc1ccccc1C(=O)CN1CC(=O)Nc2ccccc21. The number of rotatable bonds is 3. The van der Waals surface area contributed by atoms with Crippen LogP contribution >= 0.6 is 0 Å². The van der Waals surface area contributed by atoms with E-state index in [9.17, 15) is 9.59 Å². The first-order valence-electron chi connectivity index (χ1n) is 6.88. The first kappa shape index (κ1) is 13.4. The van der Waals surface area contributed by atoms with Crippen molar-refractivity contribution in [2.24, 2.45) is 0 Å². The lowest BCUT2D eigenvalue weighted by molar-refractivity contribution is -0.115. The number of amides is 1. The zero-order chi connectivity index (χ0) is 14.8. The summed E-state index contributed by atoms with van der Waals surface area (Å²) in [6.45, 7) is 2.33. The summed E-state index contributed by atoms with van der Waals surface area (Å²) >= 11 is 0. The first-order chi connectivity index (χ1) is 10.1. The van der Waals surface area contributed by atoms with Crippen LogP contribution in [0.2, 0.25) is 0 Å². The van der Waals surface area contributed by atoms with E-state index >= 15 is 0 Å². The second kappa shape index (κ2) is 5.40. The van der Waals surface area contributed by atoms with E-state index < -0.39 is 0 Å². The Morgan fingerprint density at radius 1 is 1.14 bits per heavy atom. The molecule has 3 rings (SSSR count). The maximum absolute atomic E-state index is 12.5. The van der Waals surface area contributed by atoms with Crippen LogP contribution in [0.5, 0.6) is 0 Å². The van der Waals surface area contributed by atoms with Gasteiger partial charge in [0.2, 0.25) is 5.91 Å². The Bertz CT molecular complexity index is 709. The number of ketones is 1. The number of hydrogen-bond acceptors (Lipinski definition) is 3. The number of Topliss-reactive ketones (excluding diaryl/α,β-unsaturated/α-hetero) is 1. The summed E-state index contributed by atoms with van der Waals surface area (Å²) in [7, 11) is 0. The average molecular weight is 280 g/mol. The summed E-state index contributed by atoms with van der Waals surface area (Å²) in [5.74, 6) is -0.0658. The molecule has 2 aromatic carbocycles. The molecule has 0 bridgehead atoms. The van der Waals surface area contributed by atoms with Crippen molar-refractivity contribution in [1.29, 1.82) is 0 Å². The fraction of sp³-hybridized carbons (Fsp3) is 0.176. The number of nitrogens with one attached hydrogen (secondary N) is 1. The van der Waals surface area contributed by atoms with Crippen molar-refractivity contribution in [2.45, 2.75) is 6.92 Å². The van der Waals surface area contributed by atoms with Crippen molar-refractivity contribution < 1.29 is 9.59 Å². The van der Waals surface area contributed by atoms with Gasteiger partial charge in [0.15, 0.2) is 5.78 Å². The third-order valence-corrected chi connectivity index (χ3v) is 3.63. The van der Waals surface area contributed by atoms with E-state index in [4.69, 9.17) is 0 Å². The van der Waals surface area contributed by atoms with Crippen molar-refractivity contribution in [2.75, 3.05) is 23.3 Å². The average Bonchev–Trinajstić information content (AvgIpc) is 2.47. The number of anilines is 2. The second-order valence-electron chi connectivity index (χ2n) is 5.16. The molecule has 106 valence electrons. The van der Waals surface area contributed by atoms with Crippen LogP contribution in [0.15, 0.2) is 48.5 Å². The Hall–Kier alpha value is -2.62. The molecule has 1 heterocycles. The molecule has 4 nitrogen and oxygen atoms in total. The maximum Gasteiger partial charge on any atom is 0.243 e. The van der Waals surface area contributed by atoms with Crippen LogP contribution < -0.4 is 10.2 Å². The fourth-order valence-corrected chi connectivity index (χ4v) is 2.59. The minimum absolute atomic E-state index is 0.0256. The van der Waals surface area contributed by atoms with Gasteiger partial charge in [-0.1, -0.05) is 36.4 Å². The van der Waals surface area contributed by atoms with Crippen LogP contribution in [-0.2, 0) is 4.79 Å². The van der Waals surface area contributed by atoms with E-state index in [2.05, 4.69) is 5.32 Å². The number of aryl methyl sites for hydroxylation is 1. The lowest BCUT2D eigenvalue weighted by atomic mass is 10.0. The van der Waals surface area contributed by atoms with E-state index in [0.717, 1.165) is 16.9 Å². The molecule has 1 aliphatic heterocycles. The fourth-order valence-electron chi connectivity index (χ4n) is 2.59. The lowest BCUT2D eigenvalue weighted by Crippen LogP contribution is -2.41. The third-order valence-electron chi connectivity index (χ3n) is 3.63. The highest BCUT2D eigenvalue weighted by Gasteiger charge is 2.23. The van der Waals surface area contributed by atoms with E-state index in [0.29, 0.717) is 5.56 Å². The van der Waals surface area contributed by atoms with Gasteiger partial charge in [-0.05, 0) is 24.6 Å². The summed E-state index contributed by atoms with van der Waals surface area (Å²) in [6, 6.07) is 15.1. The van der Waals surface area contributed by atoms with E-state index in [1.54, 1.807) is 0 Å². The molecule has 0 saturated carbocycles. The predicted octanol–water partition coefficient (Wildman–Crippen LogP) is 2.64. The Kier molecular flexibility index (Phi) is 3.44. The highest BCUT2D eigenvalue weighted by atomic mass is 16.2. The quantitative estimate of drug-likeness (QED) is 0.879. The molecule has 21 heavy (non-hydrogen) atoms. The van der Waals surface area contributed by atoms with Crippen LogP contribution in [0.3, 0.4) is 0 Å². The van der Waals surface area contributed by atoms with Gasteiger partial charge in [0.1, 0.15) is 0 Å². The van der Waals surface area contributed by atoms with Crippen molar-refractivity contribution in [1.82, 2.24) is 0 Å². The number of hydrogen-bond donors (Lipinski definition) is 1. The Morgan fingerprint density at radius 2 is 1.86 bits per heavy atom. The summed E-state index contributed by atoms with van der Waals surface area (Å²) in [5, 5.41) is 2.82. The number of benzene rings is 2. The summed E-state index contributed by atoms with van der Waals surface area (Å²) < 4.78 is 0. The van der Waals surface area contributed by atoms with Gasteiger partial charge < -0.3 is 10.2 Å². The maximum atomic E-state index is 12.5. The standard InChI is InChI=1S/C17H16N2O2/c1-12-6-2-3-7-13(12)16(20)10-19-11-17(21)18-14-8-4-5-9-15(14)19/h2-9H,10-11H2,1H3,(H,18,21). The molecular formula is C17H16N2O2. The van der Waals surface area contributed by atoms with Gasteiger partial charge in [0.25, 0.3) is 0 Å². The van der Waals surface area contributed by atoms with Crippen LogP contribution in [0.25, 0.3) is 0 Å². The molecule has 0 fully saturated rings. The molecule has 1 aliphatic rings. The van der Waals surface area contributed by atoms with Crippen molar-refractivity contribution in [3.63, 3.8) is 0 Å². The van der Waals surface area contributed by atoms with Crippen LogP contribution in [0, 0.1) is 6.92 Å². The van der Waals surface area contributed by atoms with E-state index in [1.807, 2.05) is 60.4 Å². The van der Waals surface area contributed by atoms with Gasteiger partial charge in [0, 0.05) is 5.56 Å². The van der Waals surface area contributed by atoms with Gasteiger partial charge in [-0.3, -0.25) is 9.59 Å². The molecule has 1 N–H and O–H groups in total. The number of para-hydroxylation sites is 2. The number of carbonyl (C=O) groups excluding carboxylic acids is 2. The van der Waals surface area contributed by atoms with Crippen molar-refractivity contribution >= 4 is 23.1 Å².